The number of pyridine rings is 1. The van der Waals surface area contributed by atoms with Crippen LogP contribution in [0.1, 0.15) is 12.8 Å². The van der Waals surface area contributed by atoms with E-state index in [0.717, 1.165) is 27.5 Å². The average Bonchev–Trinajstić information content (AvgIpc) is 2.31. The maximum atomic E-state index is 6.23. The van der Waals surface area contributed by atoms with Crippen LogP contribution in [-0.2, 0) is 0 Å². The van der Waals surface area contributed by atoms with Crippen molar-refractivity contribution in [3.63, 3.8) is 0 Å². The van der Waals surface area contributed by atoms with Crippen LogP contribution in [0.25, 0.3) is 10.9 Å². The molecule has 1 aromatic heterocycles. The number of benzene rings is 1. The second-order valence-corrected chi connectivity index (χ2v) is 6.63. The topological polar surface area (TPSA) is 48.1 Å². The Bertz CT molecular complexity index is 644. The number of hydrogen-bond acceptors (Lipinski definition) is 3. The van der Waals surface area contributed by atoms with Gasteiger partial charge in [-0.25, -0.2) is 4.98 Å². The van der Waals surface area contributed by atoms with Gasteiger partial charge >= 0.3 is 0 Å². The largest absolute Gasteiger partial charge is 0.487 e. The molecule has 100 valence electrons. The van der Waals surface area contributed by atoms with Gasteiger partial charge in [-0.3, -0.25) is 0 Å². The lowest BCUT2D eigenvalue weighted by atomic mass is 9.90. The van der Waals surface area contributed by atoms with Crippen LogP contribution in [0.4, 0.5) is 0 Å². The van der Waals surface area contributed by atoms with Crippen molar-refractivity contribution in [1.29, 1.82) is 0 Å². The summed E-state index contributed by atoms with van der Waals surface area (Å²) in [6.45, 7) is 0. The summed E-state index contributed by atoms with van der Waals surface area (Å²) in [6.07, 6.45) is 1.91. The highest BCUT2D eigenvalue weighted by Gasteiger charge is 2.29. The van der Waals surface area contributed by atoms with E-state index in [1.807, 2.05) is 12.1 Å². The zero-order chi connectivity index (χ0) is 13.6. The summed E-state index contributed by atoms with van der Waals surface area (Å²) in [5.74, 6) is 0.749. The summed E-state index contributed by atoms with van der Waals surface area (Å²) in [4.78, 5) is 4.35. The van der Waals surface area contributed by atoms with Gasteiger partial charge in [-0.15, -0.1) is 0 Å². The van der Waals surface area contributed by atoms with Gasteiger partial charge in [-0.1, -0.05) is 23.2 Å². The van der Waals surface area contributed by atoms with Crippen LogP contribution in [0.2, 0.25) is 10.2 Å². The lowest BCUT2D eigenvalue weighted by Gasteiger charge is -2.33. The highest BCUT2D eigenvalue weighted by Crippen LogP contribution is 2.37. The van der Waals surface area contributed by atoms with Crippen molar-refractivity contribution < 1.29 is 4.74 Å². The molecule has 0 amide bonds. The standard InChI is InChI=1S/C13H11Cl2IN2O/c14-9-5-10(16)13(19-7-3-6(17)4-7)12-8(9)1-2-11(15)18-12/h1-2,5-7H,3-4,17H2. The fraction of sp³-hybridized carbons (Fsp3) is 0.308. The Morgan fingerprint density at radius 1 is 1.32 bits per heavy atom. The molecule has 19 heavy (non-hydrogen) atoms. The van der Waals surface area contributed by atoms with Gasteiger partial charge in [0, 0.05) is 11.4 Å². The highest BCUT2D eigenvalue weighted by molar-refractivity contribution is 14.1. The molecule has 0 bridgehead atoms. The quantitative estimate of drug-likeness (QED) is 0.603. The molecule has 1 aliphatic rings. The van der Waals surface area contributed by atoms with E-state index in [4.69, 9.17) is 33.7 Å². The SMILES string of the molecule is NC1CC(Oc2c(I)cc(Cl)c3ccc(Cl)nc23)C1. The molecule has 1 saturated carbocycles. The van der Waals surface area contributed by atoms with Crippen molar-refractivity contribution in [3.05, 3.63) is 31.9 Å². The zero-order valence-electron chi connectivity index (χ0n) is 9.87. The minimum Gasteiger partial charge on any atom is -0.487 e. The molecule has 2 N–H and O–H groups in total. The number of ether oxygens (including phenoxy) is 1. The monoisotopic (exact) mass is 408 g/mol. The summed E-state index contributed by atoms with van der Waals surface area (Å²) in [6, 6.07) is 5.72. The Morgan fingerprint density at radius 3 is 2.74 bits per heavy atom. The normalized spacial score (nSPS) is 22.3. The predicted molar refractivity (Wildman–Crippen MR) is 86.1 cm³/mol. The molecule has 2 aromatic rings. The van der Waals surface area contributed by atoms with Gasteiger partial charge in [-0.2, -0.15) is 0 Å². The number of fused-ring (bicyclic) bond motifs is 1. The Kier molecular flexibility index (Phi) is 3.77. The van der Waals surface area contributed by atoms with E-state index in [9.17, 15) is 0 Å². The summed E-state index contributed by atoms with van der Waals surface area (Å²) >= 11 is 14.4. The molecule has 6 heteroatoms. The van der Waals surface area contributed by atoms with E-state index in [0.29, 0.717) is 15.7 Å². The predicted octanol–water partition coefficient (Wildman–Crippen LogP) is 4.01. The van der Waals surface area contributed by atoms with Crippen molar-refractivity contribution in [2.75, 3.05) is 0 Å². The second kappa shape index (κ2) is 5.24. The van der Waals surface area contributed by atoms with Gasteiger partial charge in [0.15, 0.2) is 5.75 Å². The number of nitrogens with zero attached hydrogens (tertiary/aromatic N) is 1. The lowest BCUT2D eigenvalue weighted by molar-refractivity contribution is 0.101. The summed E-state index contributed by atoms with van der Waals surface area (Å²) in [7, 11) is 0. The van der Waals surface area contributed by atoms with Crippen molar-refractivity contribution in [2.24, 2.45) is 5.73 Å². The van der Waals surface area contributed by atoms with Crippen LogP contribution >= 0.6 is 45.8 Å². The van der Waals surface area contributed by atoms with Crippen LogP contribution in [-0.4, -0.2) is 17.1 Å². The molecule has 1 aliphatic carbocycles. The maximum Gasteiger partial charge on any atom is 0.159 e. The number of aromatic nitrogens is 1. The van der Waals surface area contributed by atoms with Gasteiger partial charge in [0.25, 0.3) is 0 Å². The number of nitrogens with two attached hydrogens (primary N) is 1. The van der Waals surface area contributed by atoms with Crippen molar-refractivity contribution in [3.8, 4) is 5.75 Å². The van der Waals surface area contributed by atoms with Crippen molar-refractivity contribution >= 4 is 56.7 Å². The van der Waals surface area contributed by atoms with Crippen LogP contribution in [0.3, 0.4) is 0 Å². The Labute approximate surface area is 134 Å². The van der Waals surface area contributed by atoms with Crippen LogP contribution in [0.5, 0.6) is 5.75 Å². The third-order valence-corrected chi connectivity index (χ3v) is 4.54. The number of rotatable bonds is 2. The molecule has 0 aliphatic heterocycles. The van der Waals surface area contributed by atoms with Gasteiger partial charge in [0.1, 0.15) is 16.8 Å². The van der Waals surface area contributed by atoms with Crippen LogP contribution in [0.15, 0.2) is 18.2 Å². The molecule has 1 fully saturated rings. The molecule has 3 nitrogen and oxygen atoms in total. The number of hydrogen-bond donors (Lipinski definition) is 1. The first-order chi connectivity index (χ1) is 9.04. The molecule has 0 unspecified atom stereocenters. The lowest BCUT2D eigenvalue weighted by Crippen LogP contribution is -2.43. The molecule has 1 heterocycles. The highest BCUT2D eigenvalue weighted by atomic mass is 127. The van der Waals surface area contributed by atoms with Gasteiger partial charge in [-0.05, 0) is 53.6 Å². The van der Waals surface area contributed by atoms with E-state index in [2.05, 4.69) is 27.6 Å². The van der Waals surface area contributed by atoms with E-state index in [1.165, 1.54) is 0 Å². The van der Waals surface area contributed by atoms with Crippen molar-refractivity contribution in [1.82, 2.24) is 4.98 Å². The van der Waals surface area contributed by atoms with Gasteiger partial charge < -0.3 is 10.5 Å². The molecule has 1 aromatic carbocycles. The van der Waals surface area contributed by atoms with E-state index in [-0.39, 0.29) is 12.1 Å². The summed E-state index contributed by atoms with van der Waals surface area (Å²) < 4.78 is 6.94. The Hall–Kier alpha value is -0.300. The first-order valence-corrected chi connectivity index (χ1v) is 7.74. The van der Waals surface area contributed by atoms with E-state index >= 15 is 0 Å². The molecule has 0 saturated heterocycles. The first kappa shape index (κ1) is 13.7. The molecule has 0 radical (unpaired) electrons. The first-order valence-electron chi connectivity index (χ1n) is 5.91. The van der Waals surface area contributed by atoms with E-state index in [1.54, 1.807) is 6.07 Å². The molecular weight excluding hydrogens is 398 g/mol. The third-order valence-electron chi connectivity index (χ3n) is 3.22. The minimum atomic E-state index is 0.161. The minimum absolute atomic E-state index is 0.161. The Balaban J connectivity index is 2.08. The molecule has 0 spiro atoms. The van der Waals surface area contributed by atoms with Crippen LogP contribution in [0, 0.1) is 3.57 Å². The summed E-state index contributed by atoms with van der Waals surface area (Å²) in [5.41, 5.74) is 6.49. The molecule has 0 atom stereocenters. The summed E-state index contributed by atoms with van der Waals surface area (Å²) in [5, 5.41) is 1.94. The zero-order valence-corrected chi connectivity index (χ0v) is 13.5. The fourth-order valence-electron chi connectivity index (χ4n) is 2.15. The van der Waals surface area contributed by atoms with Crippen molar-refractivity contribution in [2.45, 2.75) is 25.0 Å². The molecular formula is C13H11Cl2IN2O. The third kappa shape index (κ3) is 2.63. The van der Waals surface area contributed by atoms with Gasteiger partial charge in [0.05, 0.1) is 8.59 Å². The average molecular weight is 409 g/mol. The number of halogens is 3. The smallest absolute Gasteiger partial charge is 0.159 e. The van der Waals surface area contributed by atoms with E-state index < -0.39 is 0 Å². The second-order valence-electron chi connectivity index (χ2n) is 4.67. The van der Waals surface area contributed by atoms with Gasteiger partial charge in [0.2, 0.25) is 0 Å². The maximum absolute atomic E-state index is 6.23. The Morgan fingerprint density at radius 2 is 2.05 bits per heavy atom. The fourth-order valence-corrected chi connectivity index (χ4v) is 3.44. The van der Waals surface area contributed by atoms with Crippen LogP contribution < -0.4 is 10.5 Å². The molecule has 3 rings (SSSR count).